The summed E-state index contributed by atoms with van der Waals surface area (Å²) in [7, 11) is 1.58. The highest BCUT2D eigenvalue weighted by molar-refractivity contribution is 8.02. The van der Waals surface area contributed by atoms with Gasteiger partial charge in [0.15, 0.2) is 4.34 Å². The van der Waals surface area contributed by atoms with Gasteiger partial charge in [0.2, 0.25) is 5.91 Å². The van der Waals surface area contributed by atoms with Gasteiger partial charge < -0.3 is 10.1 Å². The summed E-state index contributed by atoms with van der Waals surface area (Å²) in [6, 6.07) is 13.0. The predicted molar refractivity (Wildman–Crippen MR) is 102 cm³/mol. The highest BCUT2D eigenvalue weighted by atomic mass is 35.5. The maximum Gasteiger partial charge on any atom is 0.237 e. The van der Waals surface area contributed by atoms with E-state index < -0.39 is 0 Å². The van der Waals surface area contributed by atoms with Gasteiger partial charge in [0.25, 0.3) is 0 Å². The number of methoxy groups -OCH3 is 1. The molecule has 1 aromatic heterocycles. The number of hydrogen-bond acceptors (Lipinski definition) is 5. The topological polar surface area (TPSA) is 51.2 Å². The number of carbonyl (C=O) groups is 1. The molecular weight excluding hydrogens is 364 g/mol. The maximum atomic E-state index is 12.4. The Kier molecular flexibility index (Phi) is 5.28. The van der Waals surface area contributed by atoms with Gasteiger partial charge in [-0.05, 0) is 37.3 Å². The van der Waals surface area contributed by atoms with Gasteiger partial charge in [-0.3, -0.25) is 4.79 Å². The second-order valence-electron chi connectivity index (χ2n) is 5.04. The minimum Gasteiger partial charge on any atom is -0.495 e. The number of ether oxygens (including phenoxy) is 1. The number of para-hydroxylation sites is 2. The molecule has 0 spiro atoms. The molecule has 1 atom stereocenters. The van der Waals surface area contributed by atoms with Crippen molar-refractivity contribution in [3.05, 3.63) is 47.5 Å². The van der Waals surface area contributed by atoms with Crippen molar-refractivity contribution in [2.75, 3.05) is 12.4 Å². The van der Waals surface area contributed by atoms with Gasteiger partial charge in [0, 0.05) is 5.02 Å². The summed E-state index contributed by atoms with van der Waals surface area (Å²) in [5, 5.41) is 3.27. The lowest BCUT2D eigenvalue weighted by atomic mass is 10.3. The average Bonchev–Trinajstić information content (AvgIpc) is 2.96. The molecule has 3 aromatic rings. The fourth-order valence-corrected chi connectivity index (χ4v) is 4.47. The van der Waals surface area contributed by atoms with Gasteiger partial charge in [-0.15, -0.1) is 11.3 Å². The van der Waals surface area contributed by atoms with E-state index in [9.17, 15) is 4.79 Å². The minimum absolute atomic E-state index is 0.0956. The Balaban J connectivity index is 1.71. The standard InChI is InChI=1S/C17H15ClN2O2S2/c1-10(16(21)19-12-5-3-4-6-14(12)22-2)23-17-20-13-9-11(18)7-8-15(13)24-17/h3-10H,1-2H3,(H,19,21). The Hall–Kier alpha value is -1.76. The maximum absolute atomic E-state index is 12.4. The monoisotopic (exact) mass is 378 g/mol. The molecule has 3 rings (SSSR count). The van der Waals surface area contributed by atoms with Crippen LogP contribution in [0.15, 0.2) is 46.8 Å². The van der Waals surface area contributed by atoms with Crippen molar-refractivity contribution in [3.63, 3.8) is 0 Å². The smallest absolute Gasteiger partial charge is 0.237 e. The fraction of sp³-hybridized carbons (Fsp3) is 0.176. The Labute approximate surface area is 153 Å². The fourth-order valence-electron chi connectivity index (χ4n) is 2.12. The third-order valence-electron chi connectivity index (χ3n) is 3.34. The predicted octanol–water partition coefficient (Wildman–Crippen LogP) is 5.08. The van der Waals surface area contributed by atoms with E-state index in [1.54, 1.807) is 18.4 Å². The third-order valence-corrected chi connectivity index (χ3v) is 5.81. The number of halogens is 1. The molecule has 0 radical (unpaired) electrons. The molecule has 0 aliphatic heterocycles. The normalized spacial score (nSPS) is 12.1. The molecule has 4 nitrogen and oxygen atoms in total. The number of fused-ring (bicyclic) bond motifs is 1. The van der Waals surface area contributed by atoms with Crippen molar-refractivity contribution in [1.29, 1.82) is 0 Å². The van der Waals surface area contributed by atoms with Crippen molar-refractivity contribution < 1.29 is 9.53 Å². The SMILES string of the molecule is COc1ccccc1NC(=O)C(C)Sc1nc2cc(Cl)ccc2s1. The molecule has 0 fully saturated rings. The molecule has 2 aromatic carbocycles. The van der Waals surface area contributed by atoms with E-state index >= 15 is 0 Å². The first kappa shape index (κ1) is 17.1. The van der Waals surface area contributed by atoms with E-state index in [2.05, 4.69) is 10.3 Å². The Bertz CT molecular complexity index is 882. The average molecular weight is 379 g/mol. The summed E-state index contributed by atoms with van der Waals surface area (Å²) < 4.78 is 7.15. The minimum atomic E-state index is -0.286. The van der Waals surface area contributed by atoms with Crippen LogP contribution < -0.4 is 10.1 Å². The molecule has 0 saturated heterocycles. The van der Waals surface area contributed by atoms with Gasteiger partial charge in [-0.25, -0.2) is 4.98 Å². The van der Waals surface area contributed by atoms with Crippen LogP contribution in [0.5, 0.6) is 5.75 Å². The van der Waals surface area contributed by atoms with Gasteiger partial charge in [-0.2, -0.15) is 0 Å². The molecular formula is C17H15ClN2O2S2. The zero-order valence-electron chi connectivity index (χ0n) is 13.1. The molecule has 1 unspecified atom stereocenters. The lowest BCUT2D eigenvalue weighted by Gasteiger charge is -2.13. The van der Waals surface area contributed by atoms with E-state index in [1.165, 1.54) is 11.8 Å². The number of carbonyl (C=O) groups excluding carboxylic acids is 1. The molecule has 24 heavy (non-hydrogen) atoms. The first-order chi connectivity index (χ1) is 11.6. The van der Waals surface area contributed by atoms with E-state index in [0.29, 0.717) is 16.5 Å². The summed E-state index contributed by atoms with van der Waals surface area (Å²) in [5.41, 5.74) is 1.51. The highest BCUT2D eigenvalue weighted by Crippen LogP contribution is 2.34. The highest BCUT2D eigenvalue weighted by Gasteiger charge is 2.18. The molecule has 0 bridgehead atoms. The van der Waals surface area contributed by atoms with Crippen molar-refractivity contribution in [3.8, 4) is 5.75 Å². The third kappa shape index (κ3) is 3.83. The number of amides is 1. The first-order valence-corrected chi connectivity index (χ1v) is 9.31. The van der Waals surface area contributed by atoms with Gasteiger partial charge in [0.1, 0.15) is 5.75 Å². The Morgan fingerprint density at radius 1 is 1.33 bits per heavy atom. The molecule has 0 aliphatic carbocycles. The molecule has 0 saturated carbocycles. The van der Waals surface area contributed by atoms with E-state index in [0.717, 1.165) is 14.6 Å². The Morgan fingerprint density at radius 3 is 2.92 bits per heavy atom. The molecule has 7 heteroatoms. The van der Waals surface area contributed by atoms with Crippen LogP contribution in [0.3, 0.4) is 0 Å². The molecule has 1 N–H and O–H groups in total. The molecule has 0 aliphatic rings. The van der Waals surface area contributed by atoms with Gasteiger partial charge >= 0.3 is 0 Å². The van der Waals surface area contributed by atoms with Gasteiger partial charge in [0.05, 0.1) is 28.3 Å². The molecule has 1 amide bonds. The summed E-state index contributed by atoms with van der Waals surface area (Å²) in [4.78, 5) is 17.0. The van der Waals surface area contributed by atoms with Crippen molar-refractivity contribution >= 4 is 56.5 Å². The number of hydrogen-bond donors (Lipinski definition) is 1. The van der Waals surface area contributed by atoms with Crippen LogP contribution in [0.1, 0.15) is 6.92 Å². The second-order valence-corrected chi connectivity index (χ2v) is 8.10. The van der Waals surface area contributed by atoms with E-state index in [4.69, 9.17) is 16.3 Å². The lowest BCUT2D eigenvalue weighted by molar-refractivity contribution is -0.115. The number of benzene rings is 2. The van der Waals surface area contributed by atoms with E-state index in [1.807, 2.05) is 49.4 Å². The van der Waals surface area contributed by atoms with E-state index in [-0.39, 0.29) is 11.2 Å². The summed E-state index contributed by atoms with van der Waals surface area (Å²) in [6.45, 7) is 1.86. The van der Waals surface area contributed by atoms with Crippen LogP contribution in [0, 0.1) is 0 Å². The number of rotatable bonds is 5. The van der Waals surface area contributed by atoms with Crippen LogP contribution in [0.25, 0.3) is 10.2 Å². The summed E-state index contributed by atoms with van der Waals surface area (Å²) >= 11 is 8.97. The number of anilines is 1. The zero-order chi connectivity index (χ0) is 17.1. The first-order valence-electron chi connectivity index (χ1n) is 7.23. The van der Waals surface area contributed by atoms with Crippen LogP contribution in [0.4, 0.5) is 5.69 Å². The van der Waals surface area contributed by atoms with Crippen LogP contribution >= 0.6 is 34.7 Å². The number of thioether (sulfide) groups is 1. The quantitative estimate of drug-likeness (QED) is 0.629. The largest absolute Gasteiger partial charge is 0.495 e. The summed E-state index contributed by atoms with van der Waals surface area (Å²) in [5.74, 6) is 0.541. The van der Waals surface area contributed by atoms with Gasteiger partial charge in [-0.1, -0.05) is 35.5 Å². The van der Waals surface area contributed by atoms with Crippen molar-refractivity contribution in [2.45, 2.75) is 16.5 Å². The van der Waals surface area contributed by atoms with Crippen LogP contribution in [-0.2, 0) is 4.79 Å². The lowest BCUT2D eigenvalue weighted by Crippen LogP contribution is -2.22. The molecule has 1 heterocycles. The van der Waals surface area contributed by atoms with Crippen molar-refractivity contribution in [2.24, 2.45) is 0 Å². The second kappa shape index (κ2) is 7.42. The number of aromatic nitrogens is 1. The zero-order valence-corrected chi connectivity index (χ0v) is 15.5. The van der Waals surface area contributed by atoms with Crippen LogP contribution in [-0.4, -0.2) is 23.3 Å². The molecule has 124 valence electrons. The van der Waals surface area contributed by atoms with Crippen LogP contribution in [0.2, 0.25) is 5.02 Å². The Morgan fingerprint density at radius 2 is 2.12 bits per heavy atom. The number of nitrogens with zero attached hydrogens (tertiary/aromatic N) is 1. The van der Waals surface area contributed by atoms with Crippen molar-refractivity contribution in [1.82, 2.24) is 4.98 Å². The number of nitrogens with one attached hydrogen (secondary N) is 1. The number of thiazole rings is 1. The summed E-state index contributed by atoms with van der Waals surface area (Å²) in [6.07, 6.45) is 0.